The summed E-state index contributed by atoms with van der Waals surface area (Å²) >= 11 is 1.63. The Morgan fingerprint density at radius 2 is 2.37 bits per heavy atom. The van der Waals surface area contributed by atoms with Crippen molar-refractivity contribution >= 4 is 23.3 Å². The molecule has 1 N–H and O–H groups in total. The summed E-state index contributed by atoms with van der Waals surface area (Å²) in [6.07, 6.45) is 2.07. The van der Waals surface area contributed by atoms with E-state index in [1.165, 1.54) is 6.26 Å². The molecule has 2 rings (SSSR count). The van der Waals surface area contributed by atoms with Gasteiger partial charge in [0.15, 0.2) is 5.69 Å². The van der Waals surface area contributed by atoms with Gasteiger partial charge >= 0.3 is 5.97 Å². The summed E-state index contributed by atoms with van der Waals surface area (Å²) in [5.74, 6) is -0.477. The lowest BCUT2D eigenvalue weighted by molar-refractivity contribution is 0.0519. The highest BCUT2D eigenvalue weighted by molar-refractivity contribution is 7.09. The zero-order valence-electron chi connectivity index (χ0n) is 10.8. The van der Waals surface area contributed by atoms with Crippen molar-refractivity contribution in [3.63, 3.8) is 0 Å². The zero-order valence-corrected chi connectivity index (χ0v) is 11.6. The normalized spacial score (nSPS) is 10.4. The van der Waals surface area contributed by atoms with Crippen molar-refractivity contribution in [2.45, 2.75) is 20.3 Å². The number of nitrogens with one attached hydrogen (secondary N) is 1. The second kappa shape index (κ2) is 6.33. The molecule has 102 valence electrons. The Kier molecular flexibility index (Phi) is 4.51. The largest absolute Gasteiger partial charge is 0.461 e. The van der Waals surface area contributed by atoms with Gasteiger partial charge in [-0.1, -0.05) is 0 Å². The Labute approximate surface area is 114 Å². The van der Waals surface area contributed by atoms with E-state index in [0.29, 0.717) is 19.2 Å². The van der Waals surface area contributed by atoms with Crippen LogP contribution in [-0.4, -0.2) is 29.1 Å². The Bertz CT molecular complexity index is 550. The minimum Gasteiger partial charge on any atom is -0.461 e. The molecule has 0 radical (unpaired) electrons. The van der Waals surface area contributed by atoms with Gasteiger partial charge in [0, 0.05) is 24.0 Å². The van der Waals surface area contributed by atoms with Gasteiger partial charge in [-0.15, -0.1) is 11.3 Å². The molecule has 0 aliphatic heterocycles. The van der Waals surface area contributed by atoms with Crippen LogP contribution in [0.1, 0.15) is 28.1 Å². The van der Waals surface area contributed by atoms with Gasteiger partial charge in [0.2, 0.25) is 0 Å². The molecule has 2 aromatic rings. The number of carbonyl (C=O) groups is 1. The van der Waals surface area contributed by atoms with Gasteiger partial charge in [0.1, 0.15) is 6.26 Å². The van der Waals surface area contributed by atoms with Crippen LogP contribution < -0.4 is 5.32 Å². The maximum absolute atomic E-state index is 11.4. The minimum atomic E-state index is -0.477. The lowest BCUT2D eigenvalue weighted by Gasteiger charge is -1.98. The molecule has 0 amide bonds. The van der Waals surface area contributed by atoms with Crippen molar-refractivity contribution < 1.29 is 13.9 Å². The molecule has 2 heterocycles. The predicted molar refractivity (Wildman–Crippen MR) is 71.5 cm³/mol. The van der Waals surface area contributed by atoms with E-state index >= 15 is 0 Å². The third kappa shape index (κ3) is 3.78. The lowest BCUT2D eigenvalue weighted by Crippen LogP contribution is -2.07. The third-order valence-corrected chi connectivity index (χ3v) is 3.30. The van der Waals surface area contributed by atoms with Crippen LogP contribution in [0.5, 0.6) is 0 Å². The molecular formula is C12H15N3O3S. The number of oxazole rings is 1. The fourth-order valence-electron chi connectivity index (χ4n) is 1.45. The number of aromatic nitrogens is 2. The van der Waals surface area contributed by atoms with Crippen LogP contribution in [0.3, 0.4) is 0 Å². The van der Waals surface area contributed by atoms with E-state index < -0.39 is 5.97 Å². The first-order chi connectivity index (χ1) is 9.19. The van der Waals surface area contributed by atoms with Crippen molar-refractivity contribution in [3.05, 3.63) is 28.0 Å². The summed E-state index contributed by atoms with van der Waals surface area (Å²) in [7, 11) is 0. The predicted octanol–water partition coefficient (Wildman–Crippen LogP) is 2.27. The highest BCUT2D eigenvalue weighted by Gasteiger charge is 2.12. The molecule has 0 unspecified atom stereocenters. The van der Waals surface area contributed by atoms with Gasteiger partial charge in [-0.2, -0.15) is 4.98 Å². The average molecular weight is 281 g/mol. The molecule has 0 aliphatic carbocycles. The van der Waals surface area contributed by atoms with Crippen molar-refractivity contribution in [2.75, 3.05) is 18.5 Å². The number of esters is 1. The van der Waals surface area contributed by atoms with E-state index in [1.54, 1.807) is 18.3 Å². The third-order valence-electron chi connectivity index (χ3n) is 2.27. The monoisotopic (exact) mass is 281 g/mol. The van der Waals surface area contributed by atoms with Gasteiger partial charge < -0.3 is 14.5 Å². The molecule has 2 aromatic heterocycles. The number of hydrogen-bond acceptors (Lipinski definition) is 7. The second-order valence-corrected chi connectivity index (χ2v) is 4.76. The highest BCUT2D eigenvalue weighted by Crippen LogP contribution is 2.11. The molecule has 0 spiro atoms. The van der Waals surface area contributed by atoms with Gasteiger partial charge in [-0.05, 0) is 13.8 Å². The van der Waals surface area contributed by atoms with Gasteiger partial charge in [-0.25, -0.2) is 9.78 Å². The first-order valence-electron chi connectivity index (χ1n) is 5.96. The summed E-state index contributed by atoms with van der Waals surface area (Å²) in [6.45, 7) is 4.67. The highest BCUT2D eigenvalue weighted by atomic mass is 32.1. The second-order valence-electron chi connectivity index (χ2n) is 3.82. The summed E-state index contributed by atoms with van der Waals surface area (Å²) in [6, 6.07) is 0.316. The number of rotatable bonds is 6. The average Bonchev–Trinajstić information content (AvgIpc) is 2.99. The Morgan fingerprint density at radius 1 is 1.53 bits per heavy atom. The van der Waals surface area contributed by atoms with Gasteiger partial charge in [0.05, 0.1) is 11.6 Å². The number of nitrogens with zero attached hydrogens (tertiary/aromatic N) is 2. The number of carbonyl (C=O) groups excluding carboxylic acids is 1. The van der Waals surface area contributed by atoms with E-state index in [-0.39, 0.29) is 5.69 Å². The number of hydrogen-bond donors (Lipinski definition) is 1. The Balaban J connectivity index is 1.81. The van der Waals surface area contributed by atoms with Crippen molar-refractivity contribution in [1.29, 1.82) is 0 Å². The zero-order chi connectivity index (χ0) is 13.7. The van der Waals surface area contributed by atoms with E-state index in [9.17, 15) is 4.79 Å². The SMILES string of the molecule is CCOC(=O)c1coc(NCCc2nc(C)cs2)n1. The smallest absolute Gasteiger partial charge is 0.360 e. The maximum atomic E-state index is 11.4. The number of thiazole rings is 1. The number of ether oxygens (including phenoxy) is 1. The molecule has 6 nitrogen and oxygen atoms in total. The van der Waals surface area contributed by atoms with Crippen LogP contribution in [0.4, 0.5) is 6.01 Å². The molecule has 0 fully saturated rings. The van der Waals surface area contributed by atoms with Crippen molar-refractivity contribution in [2.24, 2.45) is 0 Å². The Hall–Kier alpha value is -1.89. The molecular weight excluding hydrogens is 266 g/mol. The van der Waals surface area contributed by atoms with Crippen molar-refractivity contribution in [1.82, 2.24) is 9.97 Å². The van der Waals surface area contributed by atoms with Gasteiger partial charge in [0.25, 0.3) is 6.01 Å². The fourth-order valence-corrected chi connectivity index (χ4v) is 2.22. The summed E-state index contributed by atoms with van der Waals surface area (Å²) in [5, 5.41) is 6.07. The van der Waals surface area contributed by atoms with Crippen LogP contribution in [-0.2, 0) is 11.2 Å². The summed E-state index contributed by atoms with van der Waals surface area (Å²) in [4.78, 5) is 19.7. The molecule has 0 atom stereocenters. The topological polar surface area (TPSA) is 77.2 Å². The summed E-state index contributed by atoms with van der Waals surface area (Å²) < 4.78 is 9.96. The lowest BCUT2D eigenvalue weighted by atomic mass is 10.4. The quantitative estimate of drug-likeness (QED) is 0.818. The number of aryl methyl sites for hydroxylation is 1. The standard InChI is InChI=1S/C12H15N3O3S/c1-3-17-11(16)9-6-18-12(15-9)13-5-4-10-14-8(2)7-19-10/h6-7H,3-5H2,1-2H3,(H,13,15). The Morgan fingerprint density at radius 3 is 3.05 bits per heavy atom. The van der Waals surface area contributed by atoms with E-state index in [4.69, 9.17) is 9.15 Å². The molecule has 0 saturated heterocycles. The number of anilines is 1. The van der Waals surface area contributed by atoms with Crippen LogP contribution in [0.15, 0.2) is 16.1 Å². The molecule has 7 heteroatoms. The van der Waals surface area contributed by atoms with Crippen LogP contribution in [0.25, 0.3) is 0 Å². The van der Waals surface area contributed by atoms with Gasteiger partial charge in [-0.3, -0.25) is 0 Å². The fraction of sp³-hybridized carbons (Fsp3) is 0.417. The summed E-state index contributed by atoms with van der Waals surface area (Å²) in [5.41, 5.74) is 1.20. The maximum Gasteiger partial charge on any atom is 0.360 e. The molecule has 0 aliphatic rings. The van der Waals surface area contributed by atoms with E-state index in [0.717, 1.165) is 17.1 Å². The first-order valence-corrected chi connectivity index (χ1v) is 6.84. The van der Waals surface area contributed by atoms with Crippen LogP contribution in [0, 0.1) is 6.92 Å². The van der Waals surface area contributed by atoms with Crippen molar-refractivity contribution in [3.8, 4) is 0 Å². The molecule has 19 heavy (non-hydrogen) atoms. The molecule has 0 bridgehead atoms. The van der Waals surface area contributed by atoms with Crippen LogP contribution in [0.2, 0.25) is 0 Å². The van der Waals surface area contributed by atoms with Crippen LogP contribution >= 0.6 is 11.3 Å². The first kappa shape index (κ1) is 13.5. The molecule has 0 saturated carbocycles. The molecule has 0 aromatic carbocycles. The minimum absolute atomic E-state index is 0.175. The van der Waals surface area contributed by atoms with E-state index in [1.807, 2.05) is 12.3 Å². The van der Waals surface area contributed by atoms with E-state index in [2.05, 4.69) is 15.3 Å².